The minimum Gasteiger partial charge on any atom is -0.461 e. The van der Waals surface area contributed by atoms with Crippen molar-refractivity contribution in [2.24, 2.45) is 0 Å². The molecular formula is C12H21NO2. The second kappa shape index (κ2) is 9.46. The van der Waals surface area contributed by atoms with Gasteiger partial charge < -0.3 is 9.64 Å². The predicted octanol–water partition coefficient (Wildman–Crippen LogP) is 2.00. The maximum Gasteiger partial charge on any atom is 0.330 e. The van der Waals surface area contributed by atoms with Gasteiger partial charge in [0.2, 0.25) is 0 Å². The van der Waals surface area contributed by atoms with E-state index in [1.807, 2.05) is 13.0 Å². The first-order chi connectivity index (χ1) is 7.24. The molecule has 0 spiro atoms. The van der Waals surface area contributed by atoms with E-state index in [1.165, 1.54) is 6.08 Å². The van der Waals surface area contributed by atoms with Gasteiger partial charge in [0, 0.05) is 12.6 Å². The summed E-state index contributed by atoms with van der Waals surface area (Å²) in [6, 6.07) is 0. The Balaban J connectivity index is 3.62. The standard InChI is InChI=1S/C12H21NO2/c1-4-7-8-9-12(14)15-11-10-13(5-2)6-3/h4,7-9H,5-6,10-11H2,1-3H3/b7-4+,9-8+. The molecule has 86 valence electrons. The van der Waals surface area contributed by atoms with Crippen molar-refractivity contribution in [3.05, 3.63) is 24.3 Å². The Morgan fingerprint density at radius 1 is 1.27 bits per heavy atom. The monoisotopic (exact) mass is 211 g/mol. The van der Waals surface area contributed by atoms with Gasteiger partial charge in [-0.3, -0.25) is 0 Å². The van der Waals surface area contributed by atoms with E-state index in [0.29, 0.717) is 6.61 Å². The van der Waals surface area contributed by atoms with Gasteiger partial charge in [-0.2, -0.15) is 0 Å². The zero-order valence-corrected chi connectivity index (χ0v) is 9.90. The van der Waals surface area contributed by atoms with E-state index in [2.05, 4.69) is 18.7 Å². The van der Waals surface area contributed by atoms with Gasteiger partial charge in [-0.1, -0.05) is 32.1 Å². The number of hydrogen-bond donors (Lipinski definition) is 0. The summed E-state index contributed by atoms with van der Waals surface area (Å²) in [5, 5.41) is 0. The number of carbonyl (C=O) groups excluding carboxylic acids is 1. The van der Waals surface area contributed by atoms with Crippen LogP contribution in [0, 0.1) is 0 Å². The van der Waals surface area contributed by atoms with E-state index in [0.717, 1.165) is 19.6 Å². The zero-order valence-electron chi connectivity index (χ0n) is 9.90. The van der Waals surface area contributed by atoms with Crippen LogP contribution >= 0.6 is 0 Å². The third kappa shape index (κ3) is 7.94. The van der Waals surface area contributed by atoms with E-state index < -0.39 is 0 Å². The number of carbonyl (C=O) groups is 1. The van der Waals surface area contributed by atoms with Crippen LogP contribution in [0.15, 0.2) is 24.3 Å². The average molecular weight is 211 g/mol. The summed E-state index contributed by atoms with van der Waals surface area (Å²) in [6.45, 7) is 9.33. The molecule has 0 amide bonds. The number of ether oxygens (including phenoxy) is 1. The highest BCUT2D eigenvalue weighted by Crippen LogP contribution is 1.89. The molecule has 0 atom stereocenters. The largest absolute Gasteiger partial charge is 0.461 e. The van der Waals surface area contributed by atoms with Crippen LogP contribution in [-0.2, 0) is 9.53 Å². The van der Waals surface area contributed by atoms with Crippen molar-refractivity contribution in [1.29, 1.82) is 0 Å². The highest BCUT2D eigenvalue weighted by atomic mass is 16.5. The number of hydrogen-bond acceptors (Lipinski definition) is 3. The molecule has 0 radical (unpaired) electrons. The van der Waals surface area contributed by atoms with Crippen molar-refractivity contribution in [3.63, 3.8) is 0 Å². The fraction of sp³-hybridized carbons (Fsp3) is 0.583. The van der Waals surface area contributed by atoms with Gasteiger partial charge in [0.1, 0.15) is 6.61 Å². The number of esters is 1. The predicted molar refractivity (Wildman–Crippen MR) is 62.7 cm³/mol. The zero-order chi connectivity index (χ0) is 11.5. The summed E-state index contributed by atoms with van der Waals surface area (Å²) < 4.78 is 5.02. The summed E-state index contributed by atoms with van der Waals surface area (Å²) in [4.78, 5) is 13.3. The van der Waals surface area contributed by atoms with Crippen LogP contribution in [0.4, 0.5) is 0 Å². The Morgan fingerprint density at radius 2 is 1.93 bits per heavy atom. The number of likely N-dealkylation sites (N-methyl/N-ethyl adjacent to an activating group) is 1. The fourth-order valence-electron chi connectivity index (χ4n) is 1.11. The van der Waals surface area contributed by atoms with Gasteiger partial charge in [-0.05, 0) is 20.0 Å². The molecule has 0 saturated carbocycles. The lowest BCUT2D eigenvalue weighted by Gasteiger charge is -2.16. The number of nitrogens with zero attached hydrogens (tertiary/aromatic N) is 1. The summed E-state index contributed by atoms with van der Waals surface area (Å²) in [6.07, 6.45) is 6.77. The van der Waals surface area contributed by atoms with Crippen molar-refractivity contribution in [1.82, 2.24) is 4.90 Å². The lowest BCUT2D eigenvalue weighted by atomic mass is 10.4. The minimum atomic E-state index is -0.278. The molecular weight excluding hydrogens is 190 g/mol. The third-order valence-electron chi connectivity index (χ3n) is 2.08. The lowest BCUT2D eigenvalue weighted by molar-refractivity contribution is -0.138. The van der Waals surface area contributed by atoms with Crippen LogP contribution in [0.25, 0.3) is 0 Å². The maximum absolute atomic E-state index is 11.1. The second-order valence-corrected chi connectivity index (χ2v) is 3.08. The van der Waals surface area contributed by atoms with E-state index in [9.17, 15) is 4.79 Å². The SMILES string of the molecule is C/C=C/C=C/C(=O)OCCN(CC)CC. The molecule has 0 rings (SSSR count). The first kappa shape index (κ1) is 13.9. The van der Waals surface area contributed by atoms with Crippen molar-refractivity contribution in [3.8, 4) is 0 Å². The topological polar surface area (TPSA) is 29.5 Å². The summed E-state index contributed by atoms with van der Waals surface area (Å²) in [7, 11) is 0. The first-order valence-electron chi connectivity index (χ1n) is 5.43. The third-order valence-corrected chi connectivity index (χ3v) is 2.08. The Labute approximate surface area is 92.4 Å². The second-order valence-electron chi connectivity index (χ2n) is 3.08. The fourth-order valence-corrected chi connectivity index (χ4v) is 1.11. The molecule has 0 bridgehead atoms. The highest BCUT2D eigenvalue weighted by Gasteiger charge is 2.00. The molecule has 0 aliphatic carbocycles. The Bertz CT molecular complexity index is 218. The molecule has 3 nitrogen and oxygen atoms in total. The Hall–Kier alpha value is -1.09. The van der Waals surface area contributed by atoms with Gasteiger partial charge in [-0.25, -0.2) is 4.79 Å². The molecule has 0 aliphatic heterocycles. The lowest BCUT2D eigenvalue weighted by Crippen LogP contribution is -2.27. The van der Waals surface area contributed by atoms with Crippen LogP contribution in [0.1, 0.15) is 20.8 Å². The van der Waals surface area contributed by atoms with Crippen molar-refractivity contribution >= 4 is 5.97 Å². The molecule has 0 aromatic rings. The molecule has 0 aromatic carbocycles. The molecule has 0 aromatic heterocycles. The summed E-state index contributed by atoms with van der Waals surface area (Å²) in [5.74, 6) is -0.278. The molecule has 0 unspecified atom stereocenters. The molecule has 0 saturated heterocycles. The Kier molecular flexibility index (Phi) is 8.78. The van der Waals surface area contributed by atoms with Gasteiger partial charge in [0.15, 0.2) is 0 Å². The normalized spacial score (nSPS) is 11.7. The van der Waals surface area contributed by atoms with Crippen LogP contribution in [0.2, 0.25) is 0 Å². The van der Waals surface area contributed by atoms with Gasteiger partial charge in [0.05, 0.1) is 0 Å². The summed E-state index contributed by atoms with van der Waals surface area (Å²) >= 11 is 0. The average Bonchev–Trinajstić information content (AvgIpc) is 2.25. The van der Waals surface area contributed by atoms with Crippen LogP contribution < -0.4 is 0 Å². The van der Waals surface area contributed by atoms with Crippen molar-refractivity contribution in [2.75, 3.05) is 26.2 Å². The van der Waals surface area contributed by atoms with E-state index in [4.69, 9.17) is 4.74 Å². The van der Waals surface area contributed by atoms with Crippen LogP contribution in [0.3, 0.4) is 0 Å². The highest BCUT2D eigenvalue weighted by molar-refractivity contribution is 5.82. The quantitative estimate of drug-likeness (QED) is 0.366. The van der Waals surface area contributed by atoms with E-state index >= 15 is 0 Å². The molecule has 0 aliphatic rings. The van der Waals surface area contributed by atoms with Gasteiger partial charge >= 0.3 is 5.97 Å². The smallest absolute Gasteiger partial charge is 0.330 e. The molecule has 15 heavy (non-hydrogen) atoms. The number of allylic oxidation sites excluding steroid dienone is 3. The molecule has 0 N–H and O–H groups in total. The first-order valence-corrected chi connectivity index (χ1v) is 5.43. The van der Waals surface area contributed by atoms with Crippen molar-refractivity contribution < 1.29 is 9.53 Å². The van der Waals surface area contributed by atoms with Gasteiger partial charge in [-0.15, -0.1) is 0 Å². The van der Waals surface area contributed by atoms with Crippen LogP contribution in [0.5, 0.6) is 0 Å². The minimum absolute atomic E-state index is 0.278. The summed E-state index contributed by atoms with van der Waals surface area (Å²) in [5.41, 5.74) is 0. The molecule has 3 heteroatoms. The van der Waals surface area contributed by atoms with Crippen LogP contribution in [-0.4, -0.2) is 37.1 Å². The Morgan fingerprint density at radius 3 is 2.47 bits per heavy atom. The van der Waals surface area contributed by atoms with Gasteiger partial charge in [0.25, 0.3) is 0 Å². The van der Waals surface area contributed by atoms with E-state index in [1.54, 1.807) is 12.2 Å². The van der Waals surface area contributed by atoms with Crippen molar-refractivity contribution in [2.45, 2.75) is 20.8 Å². The number of rotatable bonds is 7. The van der Waals surface area contributed by atoms with E-state index in [-0.39, 0.29) is 5.97 Å². The molecule has 0 heterocycles. The maximum atomic E-state index is 11.1. The molecule has 0 fully saturated rings.